The van der Waals surface area contributed by atoms with E-state index in [1.165, 1.54) is 11.1 Å². The van der Waals surface area contributed by atoms with Crippen molar-refractivity contribution >= 4 is 17.5 Å². The highest BCUT2D eigenvalue weighted by Gasteiger charge is 2.40. The Labute approximate surface area is 152 Å². The third-order valence-electron chi connectivity index (χ3n) is 5.47. The van der Waals surface area contributed by atoms with Gasteiger partial charge in [0.1, 0.15) is 5.75 Å². The number of hydrogen-bond acceptors (Lipinski definition) is 3. The minimum absolute atomic E-state index is 0.00696. The normalized spacial score (nSPS) is 20.6. The lowest BCUT2D eigenvalue weighted by Crippen LogP contribution is -2.36. The molecule has 2 amide bonds. The second-order valence-corrected chi connectivity index (χ2v) is 7.24. The van der Waals surface area contributed by atoms with Gasteiger partial charge in [0.05, 0.1) is 11.7 Å². The molecule has 1 N–H and O–H groups in total. The number of ether oxygens (including phenoxy) is 1. The van der Waals surface area contributed by atoms with Crippen molar-refractivity contribution in [3.8, 4) is 5.75 Å². The number of rotatable bonds is 3. The molecule has 2 aromatic rings. The van der Waals surface area contributed by atoms with E-state index in [9.17, 15) is 9.59 Å². The predicted molar refractivity (Wildman–Crippen MR) is 97.3 cm³/mol. The zero-order valence-corrected chi connectivity index (χ0v) is 14.4. The first-order chi connectivity index (χ1) is 12.7. The minimum Gasteiger partial charge on any atom is -0.482 e. The van der Waals surface area contributed by atoms with Gasteiger partial charge in [0.2, 0.25) is 0 Å². The summed E-state index contributed by atoms with van der Waals surface area (Å²) in [6.45, 7) is -0.00696. The topological polar surface area (TPSA) is 58.6 Å². The first-order valence-corrected chi connectivity index (χ1v) is 9.18. The van der Waals surface area contributed by atoms with Crippen molar-refractivity contribution in [2.45, 2.75) is 37.8 Å². The Morgan fingerprint density at radius 1 is 1.12 bits per heavy atom. The van der Waals surface area contributed by atoms with Crippen LogP contribution in [-0.4, -0.2) is 29.4 Å². The first-order valence-electron chi connectivity index (χ1n) is 9.18. The number of amides is 2. The number of nitrogens with zero attached hydrogens (tertiary/aromatic N) is 1. The lowest BCUT2D eigenvalue weighted by Gasteiger charge is -2.30. The summed E-state index contributed by atoms with van der Waals surface area (Å²) in [5.74, 6) is 0.453. The van der Waals surface area contributed by atoms with E-state index in [1.807, 2.05) is 0 Å². The summed E-state index contributed by atoms with van der Waals surface area (Å²) >= 11 is 0. The van der Waals surface area contributed by atoms with Crippen molar-refractivity contribution in [3.05, 3.63) is 59.2 Å². The van der Waals surface area contributed by atoms with Crippen molar-refractivity contribution in [1.82, 2.24) is 4.90 Å². The van der Waals surface area contributed by atoms with Crippen LogP contribution in [0.25, 0.3) is 0 Å². The van der Waals surface area contributed by atoms with Crippen LogP contribution < -0.4 is 10.1 Å². The van der Waals surface area contributed by atoms with Crippen LogP contribution in [0.15, 0.2) is 42.5 Å². The molecule has 3 aliphatic rings. The Morgan fingerprint density at radius 3 is 2.81 bits per heavy atom. The molecule has 2 aromatic carbocycles. The largest absolute Gasteiger partial charge is 0.482 e. The molecule has 26 heavy (non-hydrogen) atoms. The van der Waals surface area contributed by atoms with E-state index in [-0.39, 0.29) is 24.5 Å². The van der Waals surface area contributed by atoms with Gasteiger partial charge < -0.3 is 15.0 Å². The average molecular weight is 348 g/mol. The second-order valence-electron chi connectivity index (χ2n) is 7.24. The van der Waals surface area contributed by atoms with Gasteiger partial charge >= 0.3 is 0 Å². The molecule has 0 bridgehead atoms. The molecule has 0 radical (unpaired) electrons. The molecular weight excluding hydrogens is 328 g/mol. The Balaban J connectivity index is 1.47. The van der Waals surface area contributed by atoms with Gasteiger partial charge in [0.15, 0.2) is 6.61 Å². The molecule has 0 aromatic heterocycles. The zero-order chi connectivity index (χ0) is 17.7. The number of nitrogens with one attached hydrogen (secondary N) is 1. The van der Waals surface area contributed by atoms with Crippen LogP contribution in [0.1, 0.15) is 46.8 Å². The molecular formula is C21H20N2O3. The molecule has 2 aliphatic carbocycles. The van der Waals surface area contributed by atoms with E-state index >= 15 is 0 Å². The maximum absolute atomic E-state index is 13.4. The number of carbonyl (C=O) groups excluding carboxylic acids is 2. The van der Waals surface area contributed by atoms with E-state index < -0.39 is 0 Å². The lowest BCUT2D eigenvalue weighted by atomic mass is 10.0. The van der Waals surface area contributed by atoms with Gasteiger partial charge in [0, 0.05) is 11.6 Å². The summed E-state index contributed by atoms with van der Waals surface area (Å²) in [7, 11) is 0. The Morgan fingerprint density at radius 2 is 1.96 bits per heavy atom. The van der Waals surface area contributed by atoms with Gasteiger partial charge in [-0.2, -0.15) is 0 Å². The van der Waals surface area contributed by atoms with Crippen molar-refractivity contribution in [2.75, 3.05) is 11.9 Å². The van der Waals surface area contributed by atoms with Crippen molar-refractivity contribution < 1.29 is 14.3 Å². The molecule has 0 spiro atoms. The van der Waals surface area contributed by atoms with Gasteiger partial charge in [0.25, 0.3) is 11.8 Å². The van der Waals surface area contributed by atoms with E-state index in [0.29, 0.717) is 23.0 Å². The van der Waals surface area contributed by atoms with Crippen molar-refractivity contribution in [2.24, 2.45) is 0 Å². The Kier molecular flexibility index (Phi) is 3.48. The molecule has 0 saturated heterocycles. The van der Waals surface area contributed by atoms with E-state index in [0.717, 1.165) is 25.7 Å². The molecule has 1 aliphatic heterocycles. The molecule has 5 rings (SSSR count). The van der Waals surface area contributed by atoms with E-state index in [4.69, 9.17) is 4.74 Å². The quantitative estimate of drug-likeness (QED) is 0.926. The summed E-state index contributed by atoms with van der Waals surface area (Å²) in [5.41, 5.74) is 3.89. The fourth-order valence-electron chi connectivity index (χ4n) is 4.09. The van der Waals surface area contributed by atoms with Crippen LogP contribution in [0, 0.1) is 0 Å². The lowest BCUT2D eigenvalue weighted by molar-refractivity contribution is -0.118. The monoisotopic (exact) mass is 348 g/mol. The number of benzene rings is 2. The Bertz CT molecular complexity index is 904. The van der Waals surface area contributed by atoms with Crippen LogP contribution in [0.2, 0.25) is 0 Å². The molecule has 1 unspecified atom stereocenters. The van der Waals surface area contributed by atoms with Crippen molar-refractivity contribution in [1.29, 1.82) is 0 Å². The molecule has 1 saturated carbocycles. The van der Waals surface area contributed by atoms with E-state index in [1.54, 1.807) is 18.2 Å². The molecule has 1 heterocycles. The smallest absolute Gasteiger partial charge is 0.262 e. The van der Waals surface area contributed by atoms with Gasteiger partial charge in [-0.1, -0.05) is 24.3 Å². The molecule has 132 valence electrons. The van der Waals surface area contributed by atoms with Gasteiger partial charge in [-0.15, -0.1) is 0 Å². The third-order valence-corrected chi connectivity index (χ3v) is 5.47. The number of anilines is 1. The highest BCUT2D eigenvalue weighted by Crippen LogP contribution is 2.43. The Hall–Kier alpha value is -2.82. The summed E-state index contributed by atoms with van der Waals surface area (Å²) in [6, 6.07) is 14.2. The zero-order valence-electron chi connectivity index (χ0n) is 14.4. The summed E-state index contributed by atoms with van der Waals surface area (Å²) < 4.78 is 5.48. The number of carbonyl (C=O) groups is 2. The van der Waals surface area contributed by atoms with Crippen molar-refractivity contribution in [3.63, 3.8) is 0 Å². The van der Waals surface area contributed by atoms with Crippen LogP contribution in [0.5, 0.6) is 5.75 Å². The summed E-state index contributed by atoms with van der Waals surface area (Å²) in [5, 5.41) is 2.77. The second kappa shape index (κ2) is 5.87. The van der Waals surface area contributed by atoms with Gasteiger partial charge in [-0.25, -0.2) is 0 Å². The van der Waals surface area contributed by atoms with Crippen LogP contribution in [-0.2, 0) is 11.2 Å². The number of hydrogen-bond donors (Lipinski definition) is 1. The van der Waals surface area contributed by atoms with Crippen LogP contribution in [0.3, 0.4) is 0 Å². The molecule has 5 nitrogen and oxygen atoms in total. The van der Waals surface area contributed by atoms with Crippen LogP contribution in [0.4, 0.5) is 5.69 Å². The maximum atomic E-state index is 13.4. The number of aryl methyl sites for hydroxylation is 1. The predicted octanol–water partition coefficient (Wildman–Crippen LogP) is 3.31. The highest BCUT2D eigenvalue weighted by atomic mass is 16.5. The molecule has 1 atom stereocenters. The van der Waals surface area contributed by atoms with Crippen LogP contribution >= 0.6 is 0 Å². The standard InChI is InChI=1S/C21H20N2O3/c24-20-12-26-19-11-14(5-9-17(19)22-20)21(25)23(15-7-8-15)18-10-6-13-3-1-2-4-16(13)18/h1-5,9,11,15,18H,6-8,10,12H2,(H,22,24). The third kappa shape index (κ3) is 2.55. The first kappa shape index (κ1) is 15.4. The van der Waals surface area contributed by atoms with Gasteiger partial charge in [-0.05, 0) is 55.0 Å². The fraction of sp³-hybridized carbons (Fsp3) is 0.333. The average Bonchev–Trinajstić information content (AvgIpc) is 3.41. The number of fused-ring (bicyclic) bond motifs is 2. The maximum Gasteiger partial charge on any atom is 0.262 e. The summed E-state index contributed by atoms with van der Waals surface area (Å²) in [6.07, 6.45) is 4.15. The fourth-order valence-corrected chi connectivity index (χ4v) is 4.09. The van der Waals surface area contributed by atoms with E-state index in [2.05, 4.69) is 34.5 Å². The molecule has 1 fully saturated rings. The highest BCUT2D eigenvalue weighted by molar-refractivity contribution is 5.99. The SMILES string of the molecule is O=C1COc2cc(C(=O)N(C3CC3)C3CCc4ccccc43)ccc2N1. The van der Waals surface area contributed by atoms with Gasteiger partial charge in [-0.3, -0.25) is 9.59 Å². The molecule has 5 heteroatoms. The minimum atomic E-state index is -0.168. The summed E-state index contributed by atoms with van der Waals surface area (Å²) in [4.78, 5) is 26.9.